The molecule has 0 unspecified atom stereocenters. The van der Waals surface area contributed by atoms with Crippen molar-refractivity contribution < 1.29 is 9.90 Å². The zero-order valence-electron chi connectivity index (χ0n) is 10.1. The minimum atomic E-state index is -0.834. The highest BCUT2D eigenvalue weighted by Crippen LogP contribution is 2.13. The molecule has 1 aromatic heterocycles. The van der Waals surface area contributed by atoms with Crippen LogP contribution in [-0.2, 0) is 17.8 Å². The van der Waals surface area contributed by atoms with E-state index in [9.17, 15) is 4.79 Å². The summed E-state index contributed by atoms with van der Waals surface area (Å²) in [5, 5.41) is 13.0. The fraction of sp³-hybridized carbons (Fsp3) is 0.231. The van der Waals surface area contributed by atoms with Crippen LogP contribution in [0.1, 0.15) is 16.8 Å². The third-order valence-corrected chi connectivity index (χ3v) is 2.78. The number of carbonyl (C=O) groups is 1. The Morgan fingerprint density at radius 1 is 1.39 bits per heavy atom. The van der Waals surface area contributed by atoms with E-state index < -0.39 is 5.97 Å². The first kappa shape index (κ1) is 12.2. The third-order valence-electron chi connectivity index (χ3n) is 2.78. The van der Waals surface area contributed by atoms with Gasteiger partial charge in [-0.3, -0.25) is 9.48 Å². The average Bonchev–Trinajstić information content (AvgIpc) is 2.59. The smallest absolute Gasteiger partial charge is 0.307 e. The van der Waals surface area contributed by atoms with Crippen molar-refractivity contribution in [3.05, 3.63) is 47.2 Å². The van der Waals surface area contributed by atoms with Crippen molar-refractivity contribution in [2.24, 2.45) is 0 Å². The maximum Gasteiger partial charge on any atom is 0.307 e. The van der Waals surface area contributed by atoms with Crippen LogP contribution in [0.25, 0.3) is 0 Å². The molecule has 0 amide bonds. The number of nitrogens with zero attached hydrogens (tertiary/aromatic N) is 2. The van der Waals surface area contributed by atoms with Gasteiger partial charge in [-0.25, -0.2) is 0 Å². The first-order valence-corrected chi connectivity index (χ1v) is 5.65. The molecule has 0 bridgehead atoms. The second-order valence-electron chi connectivity index (χ2n) is 4.21. The highest BCUT2D eigenvalue weighted by molar-refractivity contribution is 5.70. The number of aliphatic carboxylic acids is 1. The summed E-state index contributed by atoms with van der Waals surface area (Å²) in [6.07, 6.45) is 0.0198. The quantitative estimate of drug-likeness (QED) is 0.854. The Hall–Kier alpha value is -2.30. The second-order valence-corrected chi connectivity index (χ2v) is 4.21. The van der Waals surface area contributed by atoms with Gasteiger partial charge in [0.15, 0.2) is 0 Å². The lowest BCUT2D eigenvalue weighted by molar-refractivity contribution is -0.136. The maximum atomic E-state index is 10.8. The lowest BCUT2D eigenvalue weighted by Gasteiger charge is -2.09. The number of hydrogen-bond acceptors (Lipinski definition) is 3. The van der Waals surface area contributed by atoms with E-state index in [1.807, 2.05) is 31.2 Å². The molecule has 3 N–H and O–H groups in total. The van der Waals surface area contributed by atoms with Crippen molar-refractivity contribution in [3.63, 3.8) is 0 Å². The predicted molar refractivity (Wildman–Crippen MR) is 68.3 cm³/mol. The summed E-state index contributed by atoms with van der Waals surface area (Å²) in [6, 6.07) is 9.26. The molecular weight excluding hydrogens is 230 g/mol. The number of benzene rings is 1. The van der Waals surface area contributed by atoms with Crippen molar-refractivity contribution in [1.29, 1.82) is 0 Å². The van der Waals surface area contributed by atoms with Crippen molar-refractivity contribution in [1.82, 2.24) is 9.78 Å². The molecule has 0 aliphatic heterocycles. The zero-order chi connectivity index (χ0) is 13.1. The Labute approximate surface area is 105 Å². The van der Waals surface area contributed by atoms with Gasteiger partial charge in [-0.2, -0.15) is 5.10 Å². The van der Waals surface area contributed by atoms with Crippen molar-refractivity contribution in [2.75, 3.05) is 5.73 Å². The Morgan fingerprint density at radius 3 is 2.61 bits per heavy atom. The van der Waals surface area contributed by atoms with Crippen LogP contribution < -0.4 is 5.73 Å². The fourth-order valence-corrected chi connectivity index (χ4v) is 1.90. The van der Waals surface area contributed by atoms with Gasteiger partial charge >= 0.3 is 5.97 Å². The van der Waals surface area contributed by atoms with Crippen LogP contribution in [0.15, 0.2) is 30.3 Å². The van der Waals surface area contributed by atoms with Crippen LogP contribution in [0, 0.1) is 6.92 Å². The maximum absolute atomic E-state index is 10.8. The van der Waals surface area contributed by atoms with Gasteiger partial charge in [-0.15, -0.1) is 0 Å². The molecule has 1 aromatic carbocycles. The molecule has 0 saturated heterocycles. The van der Waals surface area contributed by atoms with E-state index in [0.717, 1.165) is 16.8 Å². The Bertz CT molecular complexity index is 575. The van der Waals surface area contributed by atoms with Crippen molar-refractivity contribution >= 4 is 11.8 Å². The van der Waals surface area contributed by atoms with E-state index in [-0.39, 0.29) is 6.42 Å². The van der Waals surface area contributed by atoms with Crippen LogP contribution >= 0.6 is 0 Å². The molecule has 5 nitrogen and oxygen atoms in total. The summed E-state index contributed by atoms with van der Waals surface area (Å²) in [5.74, 6) is -0.359. The van der Waals surface area contributed by atoms with Gasteiger partial charge in [0, 0.05) is 11.8 Å². The summed E-state index contributed by atoms with van der Waals surface area (Å²) in [6.45, 7) is 2.45. The minimum absolute atomic E-state index is 0.0198. The van der Waals surface area contributed by atoms with E-state index in [1.54, 1.807) is 10.7 Å². The van der Waals surface area contributed by atoms with Gasteiger partial charge in [0.05, 0.1) is 13.0 Å². The zero-order valence-corrected chi connectivity index (χ0v) is 10.1. The van der Waals surface area contributed by atoms with Gasteiger partial charge in [0.1, 0.15) is 5.82 Å². The average molecular weight is 245 g/mol. The molecule has 0 fully saturated rings. The van der Waals surface area contributed by atoms with Crippen LogP contribution in [-0.4, -0.2) is 20.9 Å². The van der Waals surface area contributed by atoms with Gasteiger partial charge in [0.2, 0.25) is 0 Å². The molecule has 0 aliphatic carbocycles. The molecule has 5 heteroatoms. The minimum Gasteiger partial charge on any atom is -0.481 e. The largest absolute Gasteiger partial charge is 0.481 e. The Balaban J connectivity index is 2.28. The number of nitrogen functional groups attached to an aromatic ring is 1. The van der Waals surface area contributed by atoms with Crippen LogP contribution in [0.5, 0.6) is 0 Å². The Kier molecular flexibility index (Phi) is 3.32. The molecule has 0 atom stereocenters. The molecule has 0 saturated carbocycles. The van der Waals surface area contributed by atoms with E-state index in [0.29, 0.717) is 12.4 Å². The number of anilines is 1. The highest BCUT2D eigenvalue weighted by atomic mass is 16.4. The molecule has 1 heterocycles. The van der Waals surface area contributed by atoms with Crippen LogP contribution in [0.2, 0.25) is 0 Å². The van der Waals surface area contributed by atoms with Crippen LogP contribution in [0.4, 0.5) is 5.82 Å². The van der Waals surface area contributed by atoms with Crippen molar-refractivity contribution in [2.45, 2.75) is 19.9 Å². The molecule has 0 radical (unpaired) electrons. The Morgan fingerprint density at radius 2 is 2.06 bits per heavy atom. The van der Waals surface area contributed by atoms with Gasteiger partial charge in [-0.1, -0.05) is 24.3 Å². The van der Waals surface area contributed by atoms with E-state index >= 15 is 0 Å². The number of nitrogens with two attached hydrogens (primary N) is 1. The van der Waals surface area contributed by atoms with Crippen molar-refractivity contribution in [3.8, 4) is 0 Å². The van der Waals surface area contributed by atoms with E-state index in [2.05, 4.69) is 5.10 Å². The molecular formula is C13H15N3O2. The number of rotatable bonds is 4. The number of aromatic nitrogens is 2. The fourth-order valence-electron chi connectivity index (χ4n) is 1.90. The van der Waals surface area contributed by atoms with Gasteiger partial charge in [0.25, 0.3) is 0 Å². The highest BCUT2D eigenvalue weighted by Gasteiger charge is 2.08. The van der Waals surface area contributed by atoms with Gasteiger partial charge in [-0.05, 0) is 18.1 Å². The predicted octanol–water partition coefficient (Wildman–Crippen LogP) is 1.45. The summed E-state index contributed by atoms with van der Waals surface area (Å²) in [4.78, 5) is 10.8. The first-order chi connectivity index (χ1) is 8.56. The first-order valence-electron chi connectivity index (χ1n) is 5.65. The van der Waals surface area contributed by atoms with Gasteiger partial charge < -0.3 is 10.8 Å². The molecule has 0 aliphatic rings. The summed E-state index contributed by atoms with van der Waals surface area (Å²) < 4.78 is 1.77. The molecule has 2 rings (SSSR count). The normalized spacial score (nSPS) is 10.5. The molecule has 2 aromatic rings. The molecule has 18 heavy (non-hydrogen) atoms. The monoisotopic (exact) mass is 245 g/mol. The standard InChI is InChI=1S/C13H15N3O2/c1-9-6-12(14)15-16(9)8-11-5-3-2-4-10(11)7-13(17)18/h2-6H,7-8H2,1H3,(H2,14,15)(H,17,18). The SMILES string of the molecule is Cc1cc(N)nn1Cc1ccccc1CC(=O)O. The lowest BCUT2D eigenvalue weighted by atomic mass is 10.0. The number of carboxylic acid groups (broad SMARTS) is 1. The lowest BCUT2D eigenvalue weighted by Crippen LogP contribution is -2.09. The summed E-state index contributed by atoms with van der Waals surface area (Å²) >= 11 is 0. The number of carboxylic acids is 1. The summed E-state index contributed by atoms with van der Waals surface area (Å²) in [5.41, 5.74) is 8.34. The van der Waals surface area contributed by atoms with E-state index in [1.165, 1.54) is 0 Å². The topological polar surface area (TPSA) is 81.1 Å². The second kappa shape index (κ2) is 4.91. The summed E-state index contributed by atoms with van der Waals surface area (Å²) in [7, 11) is 0. The van der Waals surface area contributed by atoms with E-state index in [4.69, 9.17) is 10.8 Å². The molecule has 94 valence electrons. The third kappa shape index (κ3) is 2.68. The number of hydrogen-bond donors (Lipinski definition) is 2. The number of aryl methyl sites for hydroxylation is 1. The molecule has 0 spiro atoms. The van der Waals surface area contributed by atoms with Crippen LogP contribution in [0.3, 0.4) is 0 Å².